The molecule has 168 valence electrons. The van der Waals surface area contributed by atoms with Crippen LogP contribution in [-0.4, -0.2) is 28.2 Å². The summed E-state index contributed by atoms with van der Waals surface area (Å²) in [5, 5.41) is 17.0. The van der Waals surface area contributed by atoms with E-state index in [-0.39, 0.29) is 16.7 Å². The van der Waals surface area contributed by atoms with Crippen LogP contribution in [0.4, 0.5) is 24.4 Å². The summed E-state index contributed by atoms with van der Waals surface area (Å²) in [7, 11) is 0. The normalized spacial score (nSPS) is 12.7. The van der Waals surface area contributed by atoms with Crippen LogP contribution < -0.4 is 16.0 Å². The molecule has 3 aromatic rings. The van der Waals surface area contributed by atoms with E-state index < -0.39 is 29.6 Å². The summed E-state index contributed by atoms with van der Waals surface area (Å²) in [6, 6.07) is 8.08. The molecule has 7 nitrogen and oxygen atoms in total. The van der Waals surface area contributed by atoms with Gasteiger partial charge in [0.05, 0.1) is 5.69 Å². The van der Waals surface area contributed by atoms with E-state index in [0.717, 1.165) is 17.7 Å². The summed E-state index contributed by atoms with van der Waals surface area (Å²) in [6.07, 6.45) is 0.593. The van der Waals surface area contributed by atoms with E-state index in [2.05, 4.69) is 26.1 Å². The lowest BCUT2D eigenvalue weighted by atomic mass is 9.98. The van der Waals surface area contributed by atoms with Crippen LogP contribution in [0, 0.1) is 17.6 Å². The lowest BCUT2D eigenvalue weighted by Gasteiger charge is -2.23. The van der Waals surface area contributed by atoms with Crippen molar-refractivity contribution in [3.63, 3.8) is 0 Å². The molecule has 32 heavy (non-hydrogen) atoms. The fourth-order valence-corrected chi connectivity index (χ4v) is 3.64. The Morgan fingerprint density at radius 2 is 1.81 bits per heavy atom. The standard InChI is InChI=1S/C21H20ClF2N5O2S/c1-3-11(2)17(26-20(31)25-16-9-8-14(23)10-15(16)24)18(30)27-21-29-28-19(32-21)12-4-6-13(22)7-5-12/h4-11,17H,3H2,1-2H3,(H2,25,26,31)(H,27,29,30). The number of hydrogen-bond donors (Lipinski definition) is 3. The second-order valence-electron chi connectivity index (χ2n) is 6.99. The monoisotopic (exact) mass is 479 g/mol. The number of carbonyl (C=O) groups excluding carboxylic acids is 2. The third-order valence-electron chi connectivity index (χ3n) is 4.71. The minimum absolute atomic E-state index is 0.205. The van der Waals surface area contributed by atoms with Gasteiger partial charge in [0.2, 0.25) is 11.0 Å². The zero-order chi connectivity index (χ0) is 23.3. The number of aromatic nitrogens is 2. The van der Waals surface area contributed by atoms with Crippen molar-refractivity contribution >= 4 is 45.7 Å². The van der Waals surface area contributed by atoms with Gasteiger partial charge in [0, 0.05) is 16.7 Å². The Bertz CT molecular complexity index is 1110. The summed E-state index contributed by atoms with van der Waals surface area (Å²) >= 11 is 7.06. The summed E-state index contributed by atoms with van der Waals surface area (Å²) in [4.78, 5) is 25.2. The molecule has 1 heterocycles. The number of carbonyl (C=O) groups is 2. The van der Waals surface area contributed by atoms with Crippen molar-refractivity contribution < 1.29 is 18.4 Å². The van der Waals surface area contributed by atoms with Crippen LogP contribution >= 0.6 is 22.9 Å². The summed E-state index contributed by atoms with van der Waals surface area (Å²) in [5.74, 6) is -2.41. The molecule has 0 saturated carbocycles. The highest BCUT2D eigenvalue weighted by Gasteiger charge is 2.27. The first-order valence-electron chi connectivity index (χ1n) is 9.69. The number of anilines is 2. The second-order valence-corrected chi connectivity index (χ2v) is 8.41. The van der Waals surface area contributed by atoms with Gasteiger partial charge in [-0.3, -0.25) is 10.1 Å². The van der Waals surface area contributed by atoms with Crippen LogP contribution in [-0.2, 0) is 4.79 Å². The zero-order valence-corrected chi connectivity index (χ0v) is 18.7. The van der Waals surface area contributed by atoms with Crippen LogP contribution in [0.2, 0.25) is 5.02 Å². The molecule has 0 saturated heterocycles. The molecule has 3 N–H and O–H groups in total. The highest BCUT2D eigenvalue weighted by molar-refractivity contribution is 7.18. The first kappa shape index (κ1) is 23.6. The topological polar surface area (TPSA) is 96.0 Å². The minimum atomic E-state index is -0.925. The Balaban J connectivity index is 1.68. The number of urea groups is 1. The first-order valence-corrected chi connectivity index (χ1v) is 10.9. The molecule has 0 aliphatic rings. The Hall–Kier alpha value is -3.11. The molecule has 3 amide bonds. The molecule has 0 aliphatic heterocycles. The predicted molar refractivity (Wildman–Crippen MR) is 121 cm³/mol. The quantitative estimate of drug-likeness (QED) is 0.427. The number of benzene rings is 2. The van der Waals surface area contributed by atoms with E-state index in [9.17, 15) is 18.4 Å². The lowest BCUT2D eigenvalue weighted by molar-refractivity contribution is -0.119. The van der Waals surface area contributed by atoms with Crippen molar-refractivity contribution in [2.24, 2.45) is 5.92 Å². The van der Waals surface area contributed by atoms with Gasteiger partial charge in [0.1, 0.15) is 22.7 Å². The van der Waals surface area contributed by atoms with Crippen LogP contribution in [0.15, 0.2) is 42.5 Å². The van der Waals surface area contributed by atoms with E-state index in [1.165, 1.54) is 11.3 Å². The van der Waals surface area contributed by atoms with E-state index >= 15 is 0 Å². The molecule has 0 bridgehead atoms. The minimum Gasteiger partial charge on any atom is -0.326 e. The maximum Gasteiger partial charge on any atom is 0.319 e. The van der Waals surface area contributed by atoms with Gasteiger partial charge in [-0.1, -0.05) is 55.3 Å². The van der Waals surface area contributed by atoms with Crippen molar-refractivity contribution in [2.45, 2.75) is 26.3 Å². The van der Waals surface area contributed by atoms with Gasteiger partial charge in [-0.2, -0.15) is 0 Å². The van der Waals surface area contributed by atoms with Crippen LogP contribution in [0.3, 0.4) is 0 Å². The predicted octanol–water partition coefficient (Wildman–Crippen LogP) is 5.31. The van der Waals surface area contributed by atoms with E-state index in [0.29, 0.717) is 22.5 Å². The van der Waals surface area contributed by atoms with Gasteiger partial charge < -0.3 is 10.6 Å². The van der Waals surface area contributed by atoms with Crippen LogP contribution in [0.25, 0.3) is 10.6 Å². The third-order valence-corrected chi connectivity index (χ3v) is 5.85. The van der Waals surface area contributed by atoms with E-state index in [1.54, 1.807) is 31.2 Å². The molecule has 2 atom stereocenters. The average molecular weight is 480 g/mol. The van der Waals surface area contributed by atoms with Crippen molar-refractivity contribution in [3.8, 4) is 10.6 Å². The SMILES string of the molecule is CCC(C)C(NC(=O)Nc1ccc(F)cc1F)C(=O)Nc1nnc(-c2ccc(Cl)cc2)s1. The summed E-state index contributed by atoms with van der Waals surface area (Å²) < 4.78 is 26.9. The van der Waals surface area contributed by atoms with Gasteiger partial charge in [0.15, 0.2) is 0 Å². The molecule has 2 unspecified atom stereocenters. The Kier molecular flexibility index (Phi) is 7.70. The Morgan fingerprint density at radius 3 is 2.47 bits per heavy atom. The smallest absolute Gasteiger partial charge is 0.319 e. The van der Waals surface area contributed by atoms with Gasteiger partial charge in [-0.05, 0) is 30.2 Å². The van der Waals surface area contributed by atoms with Gasteiger partial charge >= 0.3 is 6.03 Å². The van der Waals surface area contributed by atoms with Crippen molar-refractivity contribution in [1.29, 1.82) is 0 Å². The zero-order valence-electron chi connectivity index (χ0n) is 17.2. The summed E-state index contributed by atoms with van der Waals surface area (Å²) in [5.41, 5.74) is 0.591. The maximum atomic E-state index is 13.8. The molecular formula is C21H20ClF2N5O2S. The molecule has 3 rings (SSSR count). The van der Waals surface area contributed by atoms with E-state index in [1.807, 2.05) is 6.92 Å². The number of amides is 3. The molecule has 0 spiro atoms. The molecule has 0 fully saturated rings. The molecule has 0 aliphatic carbocycles. The van der Waals surface area contributed by atoms with E-state index in [4.69, 9.17) is 11.6 Å². The van der Waals surface area contributed by atoms with Crippen molar-refractivity contribution in [1.82, 2.24) is 15.5 Å². The number of nitrogens with one attached hydrogen (secondary N) is 3. The lowest BCUT2D eigenvalue weighted by Crippen LogP contribution is -2.49. The maximum absolute atomic E-state index is 13.8. The van der Waals surface area contributed by atoms with Crippen LogP contribution in [0.5, 0.6) is 0 Å². The Labute approximate surface area is 192 Å². The molecule has 1 aromatic heterocycles. The first-order chi connectivity index (χ1) is 15.3. The van der Waals surface area contributed by atoms with Crippen molar-refractivity contribution in [2.75, 3.05) is 10.6 Å². The largest absolute Gasteiger partial charge is 0.326 e. The highest BCUT2D eigenvalue weighted by atomic mass is 35.5. The molecule has 0 radical (unpaired) electrons. The second kappa shape index (κ2) is 10.5. The average Bonchev–Trinajstić information content (AvgIpc) is 3.22. The fourth-order valence-electron chi connectivity index (χ4n) is 2.76. The van der Waals surface area contributed by atoms with Crippen molar-refractivity contribution in [3.05, 3.63) is 59.1 Å². The number of halogens is 3. The number of rotatable bonds is 7. The third kappa shape index (κ3) is 5.98. The number of hydrogen-bond acceptors (Lipinski definition) is 5. The number of nitrogens with zero attached hydrogens (tertiary/aromatic N) is 2. The fraction of sp³-hybridized carbons (Fsp3) is 0.238. The van der Waals surface area contributed by atoms with Gasteiger partial charge in [-0.15, -0.1) is 10.2 Å². The highest BCUT2D eigenvalue weighted by Crippen LogP contribution is 2.27. The van der Waals surface area contributed by atoms with Gasteiger partial charge in [-0.25, -0.2) is 13.6 Å². The summed E-state index contributed by atoms with van der Waals surface area (Å²) in [6.45, 7) is 3.66. The Morgan fingerprint density at radius 1 is 1.09 bits per heavy atom. The molecular weight excluding hydrogens is 460 g/mol. The molecule has 2 aromatic carbocycles. The molecule has 11 heteroatoms. The van der Waals surface area contributed by atoms with Crippen LogP contribution in [0.1, 0.15) is 20.3 Å². The van der Waals surface area contributed by atoms with Gasteiger partial charge in [0.25, 0.3) is 0 Å².